The van der Waals surface area contributed by atoms with Gasteiger partial charge in [0.1, 0.15) is 0 Å². The van der Waals surface area contributed by atoms with Crippen LogP contribution >= 0.6 is 11.3 Å². The van der Waals surface area contributed by atoms with E-state index in [0.717, 1.165) is 6.42 Å². The van der Waals surface area contributed by atoms with Crippen molar-refractivity contribution in [3.8, 4) is 0 Å². The van der Waals surface area contributed by atoms with Gasteiger partial charge in [-0.05, 0) is 39.1 Å². The van der Waals surface area contributed by atoms with Crippen LogP contribution in [0.1, 0.15) is 32.6 Å². The molecule has 0 radical (unpaired) electrons. The fourth-order valence-corrected chi connectivity index (χ4v) is 2.71. The number of urea groups is 1. The number of amides is 2. The van der Waals surface area contributed by atoms with Gasteiger partial charge in [-0.3, -0.25) is 0 Å². The second kappa shape index (κ2) is 6.91. The molecule has 0 aliphatic carbocycles. The van der Waals surface area contributed by atoms with Gasteiger partial charge in [-0.2, -0.15) is 0 Å². The number of carbonyl (C=O) groups excluding carboxylic acids is 1. The highest BCUT2D eigenvalue weighted by Crippen LogP contribution is 2.11. The van der Waals surface area contributed by atoms with Gasteiger partial charge < -0.3 is 15.3 Å². The molecule has 108 valence electrons. The number of hydrogen-bond donors (Lipinski definition) is 2. The SMILES string of the molecule is CCN(CC(C)(C)O)C(=O)NC(C)Cc1cccs1. The average molecular weight is 284 g/mol. The number of likely N-dealkylation sites (N-methyl/N-ethyl adjacent to an activating group) is 1. The van der Waals surface area contributed by atoms with E-state index in [4.69, 9.17) is 0 Å². The molecular formula is C14H24N2O2S. The Kier molecular flexibility index (Phi) is 5.82. The molecule has 0 aliphatic rings. The van der Waals surface area contributed by atoms with E-state index in [1.165, 1.54) is 4.88 Å². The van der Waals surface area contributed by atoms with E-state index < -0.39 is 5.60 Å². The van der Waals surface area contributed by atoms with Gasteiger partial charge in [-0.25, -0.2) is 4.79 Å². The summed E-state index contributed by atoms with van der Waals surface area (Å²) in [6.07, 6.45) is 0.837. The van der Waals surface area contributed by atoms with Gasteiger partial charge >= 0.3 is 6.03 Å². The molecule has 0 saturated heterocycles. The van der Waals surface area contributed by atoms with Crippen molar-refractivity contribution in [2.24, 2.45) is 0 Å². The van der Waals surface area contributed by atoms with Crippen LogP contribution in [0.5, 0.6) is 0 Å². The first-order chi connectivity index (χ1) is 8.81. The normalized spacial score (nSPS) is 13.1. The Bertz CT molecular complexity index is 385. The summed E-state index contributed by atoms with van der Waals surface area (Å²) in [7, 11) is 0. The summed E-state index contributed by atoms with van der Waals surface area (Å²) in [5.74, 6) is 0. The van der Waals surface area contributed by atoms with Crippen molar-refractivity contribution >= 4 is 17.4 Å². The van der Waals surface area contributed by atoms with E-state index in [1.54, 1.807) is 30.1 Å². The molecule has 1 atom stereocenters. The molecule has 2 amide bonds. The number of hydrogen-bond acceptors (Lipinski definition) is 3. The Morgan fingerprint density at radius 2 is 2.26 bits per heavy atom. The van der Waals surface area contributed by atoms with Crippen LogP contribution in [0.25, 0.3) is 0 Å². The molecule has 1 aromatic rings. The van der Waals surface area contributed by atoms with E-state index >= 15 is 0 Å². The molecule has 0 fully saturated rings. The lowest BCUT2D eigenvalue weighted by molar-refractivity contribution is 0.0476. The Balaban J connectivity index is 2.47. The van der Waals surface area contributed by atoms with Crippen molar-refractivity contribution in [3.05, 3.63) is 22.4 Å². The zero-order chi connectivity index (χ0) is 14.5. The third-order valence-electron chi connectivity index (χ3n) is 2.70. The second-order valence-electron chi connectivity index (χ2n) is 5.46. The molecule has 2 N–H and O–H groups in total. The fraction of sp³-hybridized carbons (Fsp3) is 0.643. The summed E-state index contributed by atoms with van der Waals surface area (Å²) >= 11 is 1.70. The predicted octanol–water partition coefficient (Wildman–Crippen LogP) is 2.48. The highest BCUT2D eigenvalue weighted by molar-refractivity contribution is 7.09. The van der Waals surface area contributed by atoms with Crippen LogP contribution in [0.3, 0.4) is 0 Å². The standard InChI is InChI=1S/C14H24N2O2S/c1-5-16(10-14(3,4)18)13(17)15-11(2)9-12-7-6-8-19-12/h6-8,11,18H,5,9-10H2,1-4H3,(H,15,17). The quantitative estimate of drug-likeness (QED) is 0.843. The highest BCUT2D eigenvalue weighted by atomic mass is 32.1. The van der Waals surface area contributed by atoms with Gasteiger partial charge in [0.05, 0.1) is 12.1 Å². The van der Waals surface area contributed by atoms with Crippen LogP contribution < -0.4 is 5.32 Å². The monoisotopic (exact) mass is 284 g/mol. The van der Waals surface area contributed by atoms with Crippen molar-refractivity contribution in [1.29, 1.82) is 0 Å². The third-order valence-corrected chi connectivity index (χ3v) is 3.60. The Hall–Kier alpha value is -1.07. The van der Waals surface area contributed by atoms with Gasteiger partial charge in [0.15, 0.2) is 0 Å². The molecule has 0 saturated carbocycles. The largest absolute Gasteiger partial charge is 0.389 e. The van der Waals surface area contributed by atoms with Gasteiger partial charge in [0, 0.05) is 23.9 Å². The first-order valence-corrected chi connectivity index (χ1v) is 7.50. The van der Waals surface area contributed by atoms with Crippen LogP contribution in [0.4, 0.5) is 4.79 Å². The van der Waals surface area contributed by atoms with E-state index in [1.807, 2.05) is 25.3 Å². The number of carbonyl (C=O) groups is 1. The first kappa shape index (κ1) is 16.0. The topological polar surface area (TPSA) is 52.6 Å². The molecule has 1 unspecified atom stereocenters. The molecule has 1 heterocycles. The van der Waals surface area contributed by atoms with E-state index in [2.05, 4.69) is 11.4 Å². The number of aliphatic hydroxyl groups is 1. The maximum atomic E-state index is 12.1. The third kappa shape index (κ3) is 6.07. The van der Waals surface area contributed by atoms with Crippen LogP contribution in [0.15, 0.2) is 17.5 Å². The minimum Gasteiger partial charge on any atom is -0.389 e. The lowest BCUT2D eigenvalue weighted by Crippen LogP contribution is -2.49. The first-order valence-electron chi connectivity index (χ1n) is 6.62. The molecule has 0 spiro atoms. The zero-order valence-electron chi connectivity index (χ0n) is 12.1. The molecule has 1 aromatic heterocycles. The molecule has 19 heavy (non-hydrogen) atoms. The lowest BCUT2D eigenvalue weighted by atomic mass is 10.1. The highest BCUT2D eigenvalue weighted by Gasteiger charge is 2.22. The molecular weight excluding hydrogens is 260 g/mol. The van der Waals surface area contributed by atoms with Crippen molar-refractivity contribution in [3.63, 3.8) is 0 Å². The number of nitrogens with one attached hydrogen (secondary N) is 1. The molecule has 1 rings (SSSR count). The van der Waals surface area contributed by atoms with Crippen LogP contribution in [-0.2, 0) is 6.42 Å². The minimum atomic E-state index is -0.871. The average Bonchev–Trinajstić information content (AvgIpc) is 2.76. The maximum absolute atomic E-state index is 12.1. The van der Waals surface area contributed by atoms with Gasteiger partial charge in [-0.15, -0.1) is 11.3 Å². The summed E-state index contributed by atoms with van der Waals surface area (Å²) in [5, 5.41) is 14.8. The Morgan fingerprint density at radius 3 is 2.74 bits per heavy atom. The molecule has 0 aromatic carbocycles. The second-order valence-corrected chi connectivity index (χ2v) is 6.49. The van der Waals surface area contributed by atoms with Crippen molar-refractivity contribution in [1.82, 2.24) is 10.2 Å². The van der Waals surface area contributed by atoms with Gasteiger partial charge in [0.25, 0.3) is 0 Å². The molecule has 0 bridgehead atoms. The summed E-state index contributed by atoms with van der Waals surface area (Å²) < 4.78 is 0. The number of rotatable bonds is 6. The zero-order valence-corrected chi connectivity index (χ0v) is 13.0. The summed E-state index contributed by atoms with van der Waals surface area (Å²) in [6, 6.07) is 4.05. The van der Waals surface area contributed by atoms with E-state index in [9.17, 15) is 9.90 Å². The predicted molar refractivity (Wildman–Crippen MR) is 79.6 cm³/mol. The summed E-state index contributed by atoms with van der Waals surface area (Å²) in [5.41, 5.74) is -0.871. The van der Waals surface area contributed by atoms with E-state index in [-0.39, 0.29) is 12.1 Å². The van der Waals surface area contributed by atoms with Crippen molar-refractivity contribution in [2.75, 3.05) is 13.1 Å². The van der Waals surface area contributed by atoms with Gasteiger partial charge in [0.2, 0.25) is 0 Å². The van der Waals surface area contributed by atoms with Crippen molar-refractivity contribution < 1.29 is 9.90 Å². The molecule has 5 heteroatoms. The maximum Gasteiger partial charge on any atom is 0.317 e. The fourth-order valence-electron chi connectivity index (χ4n) is 1.88. The number of nitrogens with zero attached hydrogens (tertiary/aromatic N) is 1. The van der Waals surface area contributed by atoms with Gasteiger partial charge in [-0.1, -0.05) is 6.07 Å². The summed E-state index contributed by atoms with van der Waals surface area (Å²) in [4.78, 5) is 15.0. The molecule has 0 aliphatic heterocycles. The summed E-state index contributed by atoms with van der Waals surface area (Å²) in [6.45, 7) is 8.24. The lowest BCUT2D eigenvalue weighted by Gasteiger charge is -2.29. The minimum absolute atomic E-state index is 0.0852. The van der Waals surface area contributed by atoms with E-state index in [0.29, 0.717) is 13.1 Å². The van der Waals surface area contributed by atoms with Crippen LogP contribution in [0, 0.1) is 0 Å². The number of thiophene rings is 1. The Labute approximate surface area is 119 Å². The Morgan fingerprint density at radius 1 is 1.58 bits per heavy atom. The van der Waals surface area contributed by atoms with Crippen LogP contribution in [0.2, 0.25) is 0 Å². The molecule has 4 nitrogen and oxygen atoms in total. The smallest absolute Gasteiger partial charge is 0.317 e. The van der Waals surface area contributed by atoms with Crippen LogP contribution in [-0.4, -0.2) is 40.8 Å². The van der Waals surface area contributed by atoms with Crippen molar-refractivity contribution in [2.45, 2.75) is 45.8 Å².